The summed E-state index contributed by atoms with van der Waals surface area (Å²) in [6.45, 7) is 13.5. The van der Waals surface area contributed by atoms with Crippen LogP contribution in [0.5, 0.6) is 0 Å². The third kappa shape index (κ3) is 12.0. The Bertz CT molecular complexity index is 194. The van der Waals surface area contributed by atoms with Crippen LogP contribution in [0.2, 0.25) is 32.7 Å². The van der Waals surface area contributed by atoms with E-state index in [-0.39, 0.29) is 18.9 Å². The van der Waals surface area contributed by atoms with Crippen LogP contribution in [-0.4, -0.2) is 16.6 Å². The van der Waals surface area contributed by atoms with Crippen molar-refractivity contribution < 1.29 is 32.8 Å². The number of hydrogen-bond donors (Lipinski definition) is 0. The second-order valence-corrected chi connectivity index (χ2v) is 12.7. The average Bonchev–Trinajstić information content (AvgIpc) is 1.78. The topological polar surface area (TPSA) is 41.5 Å². The molecule has 0 aliphatic carbocycles. The first-order valence-electron chi connectivity index (χ1n) is 4.19. The Morgan fingerprint density at radius 3 is 1.93 bits per heavy atom. The molecule has 14 heavy (non-hydrogen) atoms. The molecule has 6 heteroatoms. The zero-order chi connectivity index (χ0) is 10.7. The van der Waals surface area contributed by atoms with Crippen LogP contribution in [0.1, 0.15) is 0 Å². The molecule has 0 spiro atoms. The summed E-state index contributed by atoms with van der Waals surface area (Å²) in [5.41, 5.74) is 0. The summed E-state index contributed by atoms with van der Waals surface area (Å²) >= 11 is 0. The molecule has 0 fully saturated rings. The predicted octanol–water partition coefficient (Wildman–Crippen LogP) is -1.40. The van der Waals surface area contributed by atoms with Gasteiger partial charge in [-0.15, -0.1) is 0 Å². The smallest absolute Gasteiger partial charge is 0.596 e. The molecular weight excluding hydrogens is 207 g/mol. The SMILES string of the molecule is [CH2+][Si](C)(C)O/C([O-])=C/O[Si](C)(C)C.[Li+]. The number of rotatable bonds is 4. The fourth-order valence-electron chi connectivity index (χ4n) is 0.521. The Morgan fingerprint density at radius 1 is 1.21 bits per heavy atom. The van der Waals surface area contributed by atoms with Crippen molar-refractivity contribution in [1.82, 2.24) is 0 Å². The standard InChI is InChI=1S/C8H18O3Si2.Li/c1-12(2,3)10-7-8(9)11-13(4,5)6;/h7H,4H2,1-3,5-6H3;/q;+1/b8-7+;. The van der Waals surface area contributed by atoms with Gasteiger partial charge in [0.1, 0.15) is 0 Å². The van der Waals surface area contributed by atoms with Crippen LogP contribution in [0, 0.1) is 6.55 Å². The summed E-state index contributed by atoms with van der Waals surface area (Å²) in [6, 6.07) is 0. The third-order valence-electron chi connectivity index (χ3n) is 0.886. The molecule has 0 atom stereocenters. The van der Waals surface area contributed by atoms with Crippen LogP contribution in [0.4, 0.5) is 0 Å². The molecule has 0 bridgehead atoms. The van der Waals surface area contributed by atoms with Crippen LogP contribution in [-0.2, 0) is 8.85 Å². The number of hydrogen-bond acceptors (Lipinski definition) is 3. The molecule has 76 valence electrons. The molecule has 0 unspecified atom stereocenters. The molecule has 0 amide bonds. The van der Waals surface area contributed by atoms with E-state index in [2.05, 4.69) is 6.55 Å². The maximum atomic E-state index is 11.1. The second kappa shape index (κ2) is 5.81. The van der Waals surface area contributed by atoms with Gasteiger partial charge in [-0.3, -0.25) is 0 Å². The summed E-state index contributed by atoms with van der Waals surface area (Å²) in [5.74, 6) is -0.408. The van der Waals surface area contributed by atoms with Crippen LogP contribution >= 0.6 is 0 Å². The maximum absolute atomic E-state index is 11.1. The Morgan fingerprint density at radius 2 is 1.64 bits per heavy atom. The van der Waals surface area contributed by atoms with E-state index in [0.29, 0.717) is 0 Å². The van der Waals surface area contributed by atoms with Crippen molar-refractivity contribution in [2.75, 3.05) is 0 Å². The van der Waals surface area contributed by atoms with Crippen molar-refractivity contribution in [3.05, 3.63) is 18.8 Å². The Kier molecular flexibility index (Phi) is 6.83. The maximum Gasteiger partial charge on any atom is 1.00 e. The van der Waals surface area contributed by atoms with E-state index in [4.69, 9.17) is 8.85 Å². The van der Waals surface area contributed by atoms with Crippen molar-refractivity contribution >= 4 is 16.6 Å². The molecule has 3 nitrogen and oxygen atoms in total. The van der Waals surface area contributed by atoms with Crippen LogP contribution in [0.15, 0.2) is 12.2 Å². The molecule has 0 radical (unpaired) electrons. The normalized spacial score (nSPS) is 13.1. The molecular formula is C8H18LiO3Si2+. The van der Waals surface area contributed by atoms with Crippen LogP contribution < -0.4 is 24.0 Å². The fourth-order valence-corrected chi connectivity index (χ4v) is 1.56. The van der Waals surface area contributed by atoms with Gasteiger partial charge in [-0.05, 0) is 32.7 Å². The van der Waals surface area contributed by atoms with E-state index in [9.17, 15) is 5.11 Å². The molecule has 0 aromatic carbocycles. The van der Waals surface area contributed by atoms with Crippen molar-refractivity contribution in [2.45, 2.75) is 32.7 Å². The Labute approximate surface area is 101 Å². The second-order valence-electron chi connectivity index (χ2n) is 4.53. The molecule has 0 aromatic heterocycles. The van der Waals surface area contributed by atoms with E-state index < -0.39 is 22.6 Å². The molecule has 0 N–H and O–H groups in total. The minimum absolute atomic E-state index is 0. The minimum atomic E-state index is -2.01. The monoisotopic (exact) mass is 225 g/mol. The van der Waals surface area contributed by atoms with Gasteiger partial charge in [0.2, 0.25) is 8.32 Å². The van der Waals surface area contributed by atoms with Gasteiger partial charge in [-0.1, -0.05) is 0 Å². The van der Waals surface area contributed by atoms with Gasteiger partial charge in [-0.2, -0.15) is 0 Å². The summed E-state index contributed by atoms with van der Waals surface area (Å²) in [7, 11) is -3.67. The van der Waals surface area contributed by atoms with Gasteiger partial charge in [-0.25, -0.2) is 0 Å². The Hall–Kier alpha value is 0.0412. The zero-order valence-electron chi connectivity index (χ0n) is 10.0. The first kappa shape index (κ1) is 16.5. The average molecular weight is 225 g/mol. The van der Waals surface area contributed by atoms with Gasteiger partial charge < -0.3 is 14.0 Å². The van der Waals surface area contributed by atoms with Gasteiger partial charge in [0.25, 0.3) is 0 Å². The summed E-state index contributed by atoms with van der Waals surface area (Å²) < 4.78 is 10.3. The first-order chi connectivity index (χ1) is 5.60. The van der Waals surface area contributed by atoms with Crippen LogP contribution in [0.25, 0.3) is 0 Å². The van der Waals surface area contributed by atoms with E-state index in [1.54, 1.807) is 0 Å². The third-order valence-corrected chi connectivity index (χ3v) is 2.46. The molecule has 0 aromatic rings. The van der Waals surface area contributed by atoms with E-state index in [0.717, 1.165) is 0 Å². The molecule has 0 aliphatic heterocycles. The Balaban J connectivity index is 0. The summed E-state index contributed by atoms with van der Waals surface area (Å²) in [4.78, 5) is 0. The van der Waals surface area contributed by atoms with Gasteiger partial charge in [0, 0.05) is 6.55 Å². The van der Waals surface area contributed by atoms with E-state index in [1.165, 1.54) is 6.26 Å². The zero-order valence-corrected chi connectivity index (χ0v) is 12.0. The fraction of sp³-hybridized carbons (Fsp3) is 0.625. The van der Waals surface area contributed by atoms with E-state index in [1.807, 2.05) is 32.7 Å². The molecule has 0 saturated heterocycles. The molecule has 0 rings (SSSR count). The van der Waals surface area contributed by atoms with Crippen molar-refractivity contribution in [2.24, 2.45) is 0 Å². The van der Waals surface area contributed by atoms with Gasteiger partial charge >= 0.3 is 27.2 Å². The van der Waals surface area contributed by atoms with Crippen molar-refractivity contribution in [3.63, 3.8) is 0 Å². The first-order valence-corrected chi connectivity index (χ1v) is 10.7. The largest absolute Gasteiger partial charge is 1.00 e. The minimum Gasteiger partial charge on any atom is -0.596 e. The summed E-state index contributed by atoms with van der Waals surface area (Å²) in [6.07, 6.45) is 1.17. The van der Waals surface area contributed by atoms with Crippen molar-refractivity contribution in [3.8, 4) is 0 Å². The quantitative estimate of drug-likeness (QED) is 0.336. The van der Waals surface area contributed by atoms with Crippen molar-refractivity contribution in [1.29, 1.82) is 0 Å². The van der Waals surface area contributed by atoms with Crippen LogP contribution in [0.3, 0.4) is 0 Å². The van der Waals surface area contributed by atoms with Gasteiger partial charge in [0.15, 0.2) is 0 Å². The van der Waals surface area contributed by atoms with E-state index >= 15 is 0 Å². The predicted molar refractivity (Wildman–Crippen MR) is 56.4 cm³/mol. The summed E-state index contributed by atoms with van der Waals surface area (Å²) in [5, 5.41) is 11.1. The molecule has 0 saturated carbocycles. The molecule has 0 heterocycles. The van der Waals surface area contributed by atoms with Gasteiger partial charge in [0.05, 0.1) is 12.2 Å². The molecule has 0 aliphatic rings.